The summed E-state index contributed by atoms with van der Waals surface area (Å²) in [6.07, 6.45) is -3.78. The van der Waals surface area contributed by atoms with E-state index in [0.29, 0.717) is 17.3 Å². The van der Waals surface area contributed by atoms with Gasteiger partial charge in [-0.05, 0) is 0 Å². The molecule has 0 radical (unpaired) electrons. The summed E-state index contributed by atoms with van der Waals surface area (Å²) >= 11 is 0. The highest BCUT2D eigenvalue weighted by Crippen LogP contribution is 2.39. The molecule has 1 saturated heterocycles. The highest BCUT2D eigenvalue weighted by Gasteiger charge is 2.57. The number of halogens is 3. The van der Waals surface area contributed by atoms with E-state index in [-0.39, 0.29) is 6.54 Å². The van der Waals surface area contributed by atoms with Crippen molar-refractivity contribution < 1.29 is 18.3 Å². The lowest BCUT2D eigenvalue weighted by Crippen LogP contribution is -2.47. The van der Waals surface area contributed by atoms with Gasteiger partial charge in [0.15, 0.2) is 5.60 Å². The maximum atomic E-state index is 13.1. The van der Waals surface area contributed by atoms with Crippen LogP contribution in [0.15, 0.2) is 42.7 Å². The second-order valence-electron chi connectivity index (χ2n) is 6.04. The Labute approximate surface area is 140 Å². The maximum Gasteiger partial charge on any atom is 0.418 e. The van der Waals surface area contributed by atoms with Gasteiger partial charge < -0.3 is 10.0 Å². The summed E-state index contributed by atoms with van der Waals surface area (Å²) in [7, 11) is 0. The van der Waals surface area contributed by atoms with Crippen molar-refractivity contribution in [2.45, 2.75) is 18.2 Å². The van der Waals surface area contributed by atoms with E-state index in [1.807, 2.05) is 30.3 Å². The van der Waals surface area contributed by atoms with Gasteiger partial charge in [0, 0.05) is 24.6 Å². The van der Waals surface area contributed by atoms with Gasteiger partial charge in [0.25, 0.3) is 5.78 Å². The van der Waals surface area contributed by atoms with E-state index in [0.717, 1.165) is 5.56 Å². The first kappa shape index (κ1) is 15.8. The van der Waals surface area contributed by atoms with E-state index < -0.39 is 24.7 Å². The lowest BCUT2D eigenvalue weighted by molar-refractivity contribution is -0.250. The lowest BCUT2D eigenvalue weighted by atomic mass is 10.0. The van der Waals surface area contributed by atoms with Crippen molar-refractivity contribution in [2.24, 2.45) is 0 Å². The number of fused-ring (bicyclic) bond motifs is 1. The molecule has 25 heavy (non-hydrogen) atoms. The number of benzene rings is 1. The third-order valence-corrected chi connectivity index (χ3v) is 4.40. The molecule has 0 unspecified atom stereocenters. The Balaban J connectivity index is 1.79. The highest BCUT2D eigenvalue weighted by molar-refractivity contribution is 5.66. The average Bonchev–Trinajstić information content (AvgIpc) is 3.21. The zero-order chi connectivity index (χ0) is 17.7. The molecule has 0 aliphatic carbocycles. The van der Waals surface area contributed by atoms with Crippen LogP contribution in [0.2, 0.25) is 0 Å². The molecule has 1 N–H and O–H groups in total. The Morgan fingerprint density at radius 3 is 2.60 bits per heavy atom. The number of aromatic nitrogens is 4. The SMILES string of the molecule is O[C@@]1(C(F)(F)F)CCN(c2cc(-c3ccccc3)nc3ncnn23)C1. The number of hydrogen-bond acceptors (Lipinski definition) is 5. The molecule has 6 nitrogen and oxygen atoms in total. The van der Waals surface area contributed by atoms with E-state index in [9.17, 15) is 18.3 Å². The summed E-state index contributed by atoms with van der Waals surface area (Å²) in [5.74, 6) is 0.709. The molecule has 0 bridgehead atoms. The quantitative estimate of drug-likeness (QED) is 0.769. The van der Waals surface area contributed by atoms with Gasteiger partial charge in [0.05, 0.1) is 12.2 Å². The predicted octanol–water partition coefficient (Wildman–Crippen LogP) is 2.29. The number of β-amino-alcohol motifs (C(OH)–C–C–N with tert-alkyl or cyclic N) is 1. The number of nitrogens with zero attached hydrogens (tertiary/aromatic N) is 5. The standard InChI is InChI=1S/C16H14F3N5O/c17-16(18,19)15(25)6-7-23(9-15)13-8-12(11-4-2-1-3-5-11)22-14-20-10-21-24(13)14/h1-5,8,10,25H,6-7,9H2/t15-/m0/s1. The third-order valence-electron chi connectivity index (χ3n) is 4.40. The molecule has 3 aromatic rings. The van der Waals surface area contributed by atoms with E-state index in [4.69, 9.17) is 0 Å². The Kier molecular flexibility index (Phi) is 3.43. The monoisotopic (exact) mass is 349 g/mol. The van der Waals surface area contributed by atoms with Crippen LogP contribution in [0.5, 0.6) is 0 Å². The molecule has 0 amide bonds. The van der Waals surface area contributed by atoms with Crippen LogP contribution in [-0.4, -0.2) is 49.6 Å². The van der Waals surface area contributed by atoms with Gasteiger partial charge in [0.1, 0.15) is 12.1 Å². The van der Waals surface area contributed by atoms with Crippen molar-refractivity contribution in [3.8, 4) is 11.3 Å². The summed E-state index contributed by atoms with van der Waals surface area (Å²) in [5, 5.41) is 14.0. The van der Waals surface area contributed by atoms with Crippen molar-refractivity contribution in [1.29, 1.82) is 0 Å². The number of aliphatic hydroxyl groups is 1. The van der Waals surface area contributed by atoms with Crippen LogP contribution in [0.3, 0.4) is 0 Å². The molecule has 130 valence electrons. The largest absolute Gasteiger partial charge is 0.418 e. The molecule has 2 aromatic heterocycles. The van der Waals surface area contributed by atoms with Crippen LogP contribution in [0.4, 0.5) is 19.0 Å². The molecule has 3 heterocycles. The number of anilines is 1. The van der Waals surface area contributed by atoms with E-state index in [1.165, 1.54) is 15.7 Å². The Bertz CT molecular complexity index is 911. The van der Waals surface area contributed by atoms with Crippen LogP contribution in [0, 0.1) is 0 Å². The molecule has 1 fully saturated rings. The molecule has 1 aliphatic rings. The first-order valence-corrected chi connectivity index (χ1v) is 7.68. The molecule has 9 heteroatoms. The zero-order valence-electron chi connectivity index (χ0n) is 13.0. The van der Waals surface area contributed by atoms with Gasteiger partial charge in [-0.15, -0.1) is 0 Å². The van der Waals surface area contributed by atoms with Crippen LogP contribution < -0.4 is 4.90 Å². The minimum atomic E-state index is -4.68. The molecule has 0 spiro atoms. The smallest absolute Gasteiger partial charge is 0.379 e. The predicted molar refractivity (Wildman–Crippen MR) is 84.1 cm³/mol. The fraction of sp³-hybridized carbons (Fsp3) is 0.312. The molecule has 0 saturated carbocycles. The first-order chi connectivity index (χ1) is 11.9. The van der Waals surface area contributed by atoms with Crippen LogP contribution in [0.25, 0.3) is 17.0 Å². The topological polar surface area (TPSA) is 66.5 Å². The van der Waals surface area contributed by atoms with Gasteiger partial charge >= 0.3 is 6.18 Å². The Morgan fingerprint density at radius 2 is 1.92 bits per heavy atom. The van der Waals surface area contributed by atoms with Crippen LogP contribution in [0.1, 0.15) is 6.42 Å². The van der Waals surface area contributed by atoms with E-state index in [1.54, 1.807) is 6.07 Å². The van der Waals surface area contributed by atoms with Gasteiger partial charge in [-0.25, -0.2) is 4.98 Å². The van der Waals surface area contributed by atoms with Crippen molar-refractivity contribution in [3.05, 3.63) is 42.7 Å². The number of hydrogen-bond donors (Lipinski definition) is 1. The van der Waals surface area contributed by atoms with Crippen LogP contribution >= 0.6 is 0 Å². The summed E-state index contributed by atoms with van der Waals surface area (Å²) < 4.78 is 40.7. The molecule has 1 aliphatic heterocycles. The van der Waals surface area contributed by atoms with Crippen molar-refractivity contribution in [1.82, 2.24) is 19.6 Å². The molecule has 1 atom stereocenters. The second kappa shape index (κ2) is 5.41. The first-order valence-electron chi connectivity index (χ1n) is 7.68. The van der Waals surface area contributed by atoms with Crippen molar-refractivity contribution >= 4 is 11.6 Å². The molecular weight excluding hydrogens is 335 g/mol. The van der Waals surface area contributed by atoms with Gasteiger partial charge in [-0.2, -0.15) is 27.8 Å². The summed E-state index contributed by atoms with van der Waals surface area (Å²) in [4.78, 5) is 9.91. The number of alkyl halides is 3. The van der Waals surface area contributed by atoms with Gasteiger partial charge in [-0.1, -0.05) is 30.3 Å². The minimum absolute atomic E-state index is 0.0587. The maximum absolute atomic E-state index is 13.1. The molecule has 1 aromatic carbocycles. The van der Waals surface area contributed by atoms with Gasteiger partial charge in [0.2, 0.25) is 0 Å². The van der Waals surface area contributed by atoms with Crippen LogP contribution in [-0.2, 0) is 0 Å². The Hall–Kier alpha value is -2.68. The second-order valence-corrected chi connectivity index (χ2v) is 6.04. The fourth-order valence-electron chi connectivity index (χ4n) is 3.00. The van der Waals surface area contributed by atoms with E-state index in [2.05, 4.69) is 15.1 Å². The summed E-state index contributed by atoms with van der Waals surface area (Å²) in [5.41, 5.74) is -1.33. The third kappa shape index (κ3) is 2.60. The normalized spacial score (nSPS) is 21.2. The van der Waals surface area contributed by atoms with E-state index >= 15 is 0 Å². The molecular formula is C16H14F3N5O. The molecule has 4 rings (SSSR count). The average molecular weight is 349 g/mol. The fourth-order valence-corrected chi connectivity index (χ4v) is 3.00. The summed E-state index contributed by atoms with van der Waals surface area (Å²) in [6.45, 7) is -0.493. The zero-order valence-corrected chi connectivity index (χ0v) is 13.0. The van der Waals surface area contributed by atoms with Crippen molar-refractivity contribution in [3.63, 3.8) is 0 Å². The Morgan fingerprint density at radius 1 is 1.16 bits per heavy atom. The number of rotatable bonds is 2. The minimum Gasteiger partial charge on any atom is -0.379 e. The lowest BCUT2D eigenvalue weighted by Gasteiger charge is -2.26. The van der Waals surface area contributed by atoms with Gasteiger partial charge in [-0.3, -0.25) is 0 Å². The van der Waals surface area contributed by atoms with Crippen molar-refractivity contribution in [2.75, 3.05) is 18.0 Å². The summed E-state index contributed by atoms with van der Waals surface area (Å²) in [6, 6.07) is 10.9. The highest BCUT2D eigenvalue weighted by atomic mass is 19.4.